The van der Waals surface area contributed by atoms with Crippen LogP contribution in [0.5, 0.6) is 5.88 Å². The second-order valence-corrected chi connectivity index (χ2v) is 7.15. The number of alkyl halides is 3. The Morgan fingerprint density at radius 2 is 1.94 bits per heavy atom. The summed E-state index contributed by atoms with van der Waals surface area (Å²) >= 11 is 2.97. The Bertz CT molecular complexity index is 943. The molecule has 0 saturated carbocycles. The maximum atomic E-state index is 13.6. The first-order valence-electron chi connectivity index (χ1n) is 9.02. The summed E-state index contributed by atoms with van der Waals surface area (Å²) in [5, 5.41) is 3.96. The van der Waals surface area contributed by atoms with Crippen molar-refractivity contribution >= 4 is 27.5 Å². The maximum absolute atomic E-state index is 13.6. The van der Waals surface area contributed by atoms with Crippen LogP contribution in [0.4, 0.5) is 13.2 Å². The zero-order valence-corrected chi connectivity index (χ0v) is 18.9. The summed E-state index contributed by atoms with van der Waals surface area (Å²) in [6.07, 6.45) is -3.87. The van der Waals surface area contributed by atoms with Crippen LogP contribution >= 0.6 is 15.9 Å². The molecule has 0 N–H and O–H groups in total. The third-order valence-electron chi connectivity index (χ3n) is 4.29. The molecule has 0 spiro atoms. The number of carbonyl (C=O) groups is 1. The van der Waals surface area contributed by atoms with Gasteiger partial charge in [0.25, 0.3) is 0 Å². The van der Waals surface area contributed by atoms with Gasteiger partial charge in [-0.15, -0.1) is 5.10 Å². The Morgan fingerprint density at radius 3 is 2.52 bits per heavy atom. The quantitative estimate of drug-likeness (QED) is 0.284. The molecule has 1 aromatic carbocycles. The van der Waals surface area contributed by atoms with Crippen LogP contribution < -0.4 is 4.74 Å². The van der Waals surface area contributed by atoms with E-state index in [2.05, 4.69) is 21.0 Å². The lowest BCUT2D eigenvalue weighted by atomic mass is 10.0. The van der Waals surface area contributed by atoms with Gasteiger partial charge in [0, 0.05) is 7.11 Å². The van der Waals surface area contributed by atoms with Crippen LogP contribution in [0.15, 0.2) is 35.1 Å². The van der Waals surface area contributed by atoms with E-state index >= 15 is 0 Å². The lowest BCUT2D eigenvalue weighted by Gasteiger charge is -2.13. The second-order valence-electron chi connectivity index (χ2n) is 6.40. The van der Waals surface area contributed by atoms with Crippen molar-refractivity contribution in [2.24, 2.45) is 0 Å². The molecule has 1 heterocycles. The number of hydrogen-bond donors (Lipinski definition) is 0. The number of ether oxygens (including phenoxy) is 4. The average molecular weight is 507 g/mol. The number of esters is 1. The van der Waals surface area contributed by atoms with Crippen LogP contribution in [0.25, 0.3) is 5.57 Å². The fraction of sp³-hybridized carbons (Fsp3) is 0.400. The van der Waals surface area contributed by atoms with Crippen molar-refractivity contribution in [3.63, 3.8) is 0 Å². The molecule has 1 aromatic heterocycles. The predicted molar refractivity (Wildman–Crippen MR) is 109 cm³/mol. The Balaban J connectivity index is 2.40. The highest BCUT2D eigenvalue weighted by molar-refractivity contribution is 9.10. The normalized spacial score (nSPS) is 13.1. The van der Waals surface area contributed by atoms with E-state index in [-0.39, 0.29) is 29.4 Å². The van der Waals surface area contributed by atoms with E-state index in [1.165, 1.54) is 27.6 Å². The minimum absolute atomic E-state index is 0.0865. The predicted octanol–water partition coefficient (Wildman–Crippen LogP) is 4.44. The number of methoxy groups -OCH3 is 3. The van der Waals surface area contributed by atoms with Crippen LogP contribution in [0.1, 0.15) is 23.6 Å². The SMILES string of the molecule is CO/C=C(/C(=O)OC)c1ccccc1COc1nn(CC(C)OC)c(Br)c1C(F)(F)F. The van der Waals surface area contributed by atoms with Crippen molar-refractivity contribution in [3.05, 3.63) is 51.8 Å². The number of carbonyl (C=O) groups excluding carboxylic acids is 1. The van der Waals surface area contributed by atoms with E-state index in [9.17, 15) is 18.0 Å². The van der Waals surface area contributed by atoms with Crippen LogP contribution in [0, 0.1) is 0 Å². The second kappa shape index (κ2) is 10.7. The molecule has 1 unspecified atom stereocenters. The van der Waals surface area contributed by atoms with E-state index in [0.717, 1.165) is 4.68 Å². The molecule has 1 atom stereocenters. The molecule has 31 heavy (non-hydrogen) atoms. The molecule has 11 heteroatoms. The van der Waals surface area contributed by atoms with Gasteiger partial charge < -0.3 is 18.9 Å². The molecule has 0 bridgehead atoms. The monoisotopic (exact) mass is 506 g/mol. The van der Waals surface area contributed by atoms with Gasteiger partial charge in [-0.2, -0.15) is 13.2 Å². The third kappa shape index (κ3) is 6.01. The van der Waals surface area contributed by atoms with Crippen molar-refractivity contribution in [2.75, 3.05) is 21.3 Å². The number of halogens is 4. The van der Waals surface area contributed by atoms with Gasteiger partial charge in [0.1, 0.15) is 16.8 Å². The van der Waals surface area contributed by atoms with Gasteiger partial charge in [-0.3, -0.25) is 4.68 Å². The van der Waals surface area contributed by atoms with Crippen LogP contribution in [-0.4, -0.2) is 43.2 Å². The van der Waals surface area contributed by atoms with Gasteiger partial charge >= 0.3 is 12.1 Å². The van der Waals surface area contributed by atoms with Crippen molar-refractivity contribution < 1.29 is 36.9 Å². The summed E-state index contributed by atoms with van der Waals surface area (Å²) in [5.74, 6) is -1.25. The zero-order valence-electron chi connectivity index (χ0n) is 17.3. The molecule has 0 aliphatic heterocycles. The standard InChI is InChI=1S/C20H22BrF3N2O5/c1-12(29-3)9-26-17(21)16(20(22,23)24)18(25-26)31-10-13-7-5-6-8-14(13)15(11-28-2)19(27)30-4/h5-8,11-12H,9-10H2,1-4H3/b15-11+. The summed E-state index contributed by atoms with van der Waals surface area (Å²) in [5.41, 5.74) is -0.0914. The highest BCUT2D eigenvalue weighted by Gasteiger charge is 2.41. The minimum Gasteiger partial charge on any atom is -0.503 e. The van der Waals surface area contributed by atoms with Crippen molar-refractivity contribution in [3.8, 4) is 5.88 Å². The fourth-order valence-corrected chi connectivity index (χ4v) is 3.32. The number of benzene rings is 1. The lowest BCUT2D eigenvalue weighted by molar-refractivity contribution is -0.139. The van der Waals surface area contributed by atoms with Crippen molar-refractivity contribution in [1.82, 2.24) is 9.78 Å². The van der Waals surface area contributed by atoms with E-state index in [4.69, 9.17) is 18.9 Å². The molecule has 0 radical (unpaired) electrons. The fourth-order valence-electron chi connectivity index (χ4n) is 2.70. The summed E-state index contributed by atoms with van der Waals surface area (Å²) < 4.78 is 62.1. The smallest absolute Gasteiger partial charge is 0.424 e. The van der Waals surface area contributed by atoms with Gasteiger partial charge in [0.2, 0.25) is 5.88 Å². The zero-order chi connectivity index (χ0) is 23.2. The summed E-state index contributed by atoms with van der Waals surface area (Å²) in [4.78, 5) is 12.1. The molecule has 0 fully saturated rings. The lowest BCUT2D eigenvalue weighted by Crippen LogP contribution is -2.16. The minimum atomic E-state index is -4.70. The maximum Gasteiger partial charge on any atom is 0.424 e. The molecule has 170 valence electrons. The molecule has 2 aromatic rings. The molecule has 2 rings (SSSR count). The third-order valence-corrected chi connectivity index (χ3v) is 5.09. The van der Waals surface area contributed by atoms with Gasteiger partial charge in [-0.1, -0.05) is 24.3 Å². The number of rotatable bonds is 9. The molecule has 0 amide bonds. The van der Waals surface area contributed by atoms with Gasteiger partial charge in [-0.05, 0) is 34.0 Å². The Kier molecular flexibility index (Phi) is 8.52. The first kappa shape index (κ1) is 24.7. The molecule has 7 nitrogen and oxygen atoms in total. The average Bonchev–Trinajstić information content (AvgIpc) is 3.05. The van der Waals surface area contributed by atoms with Gasteiger partial charge in [0.15, 0.2) is 5.56 Å². The molecular formula is C20H22BrF3N2O5. The largest absolute Gasteiger partial charge is 0.503 e. The molecule has 0 aliphatic rings. The Morgan fingerprint density at radius 1 is 1.26 bits per heavy atom. The first-order valence-corrected chi connectivity index (χ1v) is 9.81. The number of hydrogen-bond acceptors (Lipinski definition) is 6. The van der Waals surface area contributed by atoms with E-state index in [1.54, 1.807) is 31.2 Å². The topological polar surface area (TPSA) is 71.8 Å². The highest BCUT2D eigenvalue weighted by Crippen LogP contribution is 2.41. The summed E-state index contributed by atoms with van der Waals surface area (Å²) in [6, 6.07) is 6.57. The first-order chi connectivity index (χ1) is 14.6. The van der Waals surface area contributed by atoms with Gasteiger partial charge in [0.05, 0.1) is 33.1 Å². The molecule has 0 aliphatic carbocycles. The Hall–Kier alpha value is -2.53. The van der Waals surface area contributed by atoms with Gasteiger partial charge in [-0.25, -0.2) is 4.79 Å². The summed E-state index contributed by atoms with van der Waals surface area (Å²) in [6.45, 7) is 1.51. The van der Waals surface area contributed by atoms with Crippen molar-refractivity contribution in [2.45, 2.75) is 32.4 Å². The van der Waals surface area contributed by atoms with Crippen LogP contribution in [0.3, 0.4) is 0 Å². The Labute approximate surface area is 185 Å². The van der Waals surface area contributed by atoms with E-state index in [1.807, 2.05) is 0 Å². The molecular weight excluding hydrogens is 485 g/mol. The van der Waals surface area contributed by atoms with E-state index in [0.29, 0.717) is 11.1 Å². The van der Waals surface area contributed by atoms with Crippen molar-refractivity contribution in [1.29, 1.82) is 0 Å². The van der Waals surface area contributed by atoms with E-state index < -0.39 is 23.6 Å². The van der Waals surface area contributed by atoms with Crippen LogP contribution in [-0.2, 0) is 38.3 Å². The number of nitrogens with zero attached hydrogens (tertiary/aromatic N) is 2. The van der Waals surface area contributed by atoms with Crippen LogP contribution in [0.2, 0.25) is 0 Å². The molecule has 0 saturated heterocycles. The highest BCUT2D eigenvalue weighted by atomic mass is 79.9. The summed E-state index contributed by atoms with van der Waals surface area (Å²) in [7, 11) is 4.03. The number of aromatic nitrogens is 2.